The van der Waals surface area contributed by atoms with E-state index < -0.39 is 0 Å². The first kappa shape index (κ1) is 18.2. The van der Waals surface area contributed by atoms with Gasteiger partial charge >= 0.3 is 0 Å². The molecular formula is C18H22ClN3O2. The normalized spacial score (nSPS) is 15.0. The fourth-order valence-electron chi connectivity index (χ4n) is 2.74. The molecular weight excluding hydrogens is 326 g/mol. The maximum atomic E-state index is 12.1. The van der Waals surface area contributed by atoms with Gasteiger partial charge in [-0.25, -0.2) is 0 Å². The Hall–Kier alpha value is -2.11. The van der Waals surface area contributed by atoms with Gasteiger partial charge in [0.15, 0.2) is 0 Å². The van der Waals surface area contributed by atoms with E-state index in [2.05, 4.69) is 16.0 Å². The van der Waals surface area contributed by atoms with Crippen molar-refractivity contribution in [3.05, 3.63) is 42.5 Å². The molecule has 1 aliphatic heterocycles. The first-order valence-corrected chi connectivity index (χ1v) is 7.91. The SMILES string of the molecule is CC(C(=O)NCC(=O)Nc1cccc2ccccc12)C1CNC1.Cl. The average Bonchev–Trinajstić information content (AvgIpc) is 2.51. The minimum atomic E-state index is -0.214. The molecule has 0 aliphatic carbocycles. The van der Waals surface area contributed by atoms with Crippen LogP contribution in [-0.2, 0) is 9.59 Å². The van der Waals surface area contributed by atoms with Gasteiger partial charge in [-0.1, -0.05) is 43.3 Å². The highest BCUT2D eigenvalue weighted by atomic mass is 35.5. The highest BCUT2D eigenvalue weighted by molar-refractivity contribution is 6.03. The predicted octanol–water partition coefficient (Wildman–Crippen LogP) is 2.17. The molecule has 2 aromatic rings. The third-order valence-electron chi connectivity index (χ3n) is 4.42. The summed E-state index contributed by atoms with van der Waals surface area (Å²) in [4.78, 5) is 24.1. The zero-order valence-electron chi connectivity index (χ0n) is 13.5. The van der Waals surface area contributed by atoms with Gasteiger partial charge in [0.1, 0.15) is 0 Å². The zero-order chi connectivity index (χ0) is 16.2. The number of carbonyl (C=O) groups is 2. The van der Waals surface area contributed by atoms with E-state index >= 15 is 0 Å². The van der Waals surface area contributed by atoms with Crippen molar-refractivity contribution in [2.24, 2.45) is 11.8 Å². The Balaban J connectivity index is 0.00000208. The zero-order valence-corrected chi connectivity index (χ0v) is 14.4. The quantitative estimate of drug-likeness (QED) is 0.776. The smallest absolute Gasteiger partial charge is 0.243 e. The van der Waals surface area contributed by atoms with Gasteiger partial charge in [-0.3, -0.25) is 9.59 Å². The summed E-state index contributed by atoms with van der Waals surface area (Å²) in [5, 5.41) is 10.8. The van der Waals surface area contributed by atoms with Crippen LogP contribution in [-0.4, -0.2) is 31.4 Å². The maximum absolute atomic E-state index is 12.1. The van der Waals surface area contributed by atoms with Crippen LogP contribution in [0.1, 0.15) is 6.92 Å². The van der Waals surface area contributed by atoms with E-state index in [4.69, 9.17) is 0 Å². The topological polar surface area (TPSA) is 70.2 Å². The number of nitrogens with one attached hydrogen (secondary N) is 3. The van der Waals surface area contributed by atoms with Crippen molar-refractivity contribution in [2.45, 2.75) is 6.92 Å². The van der Waals surface area contributed by atoms with Gasteiger partial charge in [0.05, 0.1) is 6.54 Å². The van der Waals surface area contributed by atoms with Gasteiger partial charge in [-0.2, -0.15) is 0 Å². The lowest BCUT2D eigenvalue weighted by atomic mass is 9.88. The molecule has 0 spiro atoms. The molecule has 3 N–H and O–H groups in total. The van der Waals surface area contributed by atoms with E-state index in [0.29, 0.717) is 5.92 Å². The lowest BCUT2D eigenvalue weighted by Crippen LogP contribution is -2.50. The Morgan fingerprint density at radius 2 is 1.88 bits per heavy atom. The van der Waals surface area contributed by atoms with E-state index in [9.17, 15) is 9.59 Å². The number of fused-ring (bicyclic) bond motifs is 1. The van der Waals surface area contributed by atoms with Crippen LogP contribution in [0.15, 0.2) is 42.5 Å². The van der Waals surface area contributed by atoms with E-state index in [1.54, 1.807) is 0 Å². The van der Waals surface area contributed by atoms with E-state index in [1.807, 2.05) is 49.4 Å². The van der Waals surface area contributed by atoms with Crippen LogP contribution in [0.25, 0.3) is 10.8 Å². The Labute approximate surface area is 147 Å². The summed E-state index contributed by atoms with van der Waals surface area (Å²) >= 11 is 0. The van der Waals surface area contributed by atoms with Gasteiger partial charge in [-0.15, -0.1) is 12.4 Å². The molecule has 5 nitrogen and oxygen atoms in total. The van der Waals surface area contributed by atoms with Crippen molar-refractivity contribution >= 4 is 40.7 Å². The second-order valence-corrected chi connectivity index (χ2v) is 6.00. The fourth-order valence-corrected chi connectivity index (χ4v) is 2.74. The molecule has 2 amide bonds. The molecule has 6 heteroatoms. The van der Waals surface area contributed by atoms with E-state index in [1.165, 1.54) is 0 Å². The number of hydrogen-bond acceptors (Lipinski definition) is 3. The van der Waals surface area contributed by atoms with Crippen molar-refractivity contribution in [1.82, 2.24) is 10.6 Å². The standard InChI is InChI=1S/C18H21N3O2.ClH/c1-12(14-9-19-10-14)18(23)20-11-17(22)21-16-8-4-6-13-5-2-3-7-15(13)16;/h2-8,12,14,19H,9-11H2,1H3,(H,20,23)(H,21,22);1H. The average molecular weight is 348 g/mol. The largest absolute Gasteiger partial charge is 0.347 e. The minimum absolute atomic E-state index is 0. The molecule has 1 saturated heterocycles. The highest BCUT2D eigenvalue weighted by Gasteiger charge is 2.28. The van der Waals surface area contributed by atoms with Crippen LogP contribution in [0, 0.1) is 11.8 Å². The summed E-state index contributed by atoms with van der Waals surface area (Å²) in [6.07, 6.45) is 0. The first-order chi connectivity index (χ1) is 11.1. The molecule has 0 radical (unpaired) electrons. The summed E-state index contributed by atoms with van der Waals surface area (Å²) < 4.78 is 0. The van der Waals surface area contributed by atoms with E-state index in [0.717, 1.165) is 29.5 Å². The third kappa shape index (κ3) is 4.04. The summed E-state index contributed by atoms with van der Waals surface area (Å²) in [6, 6.07) is 13.6. The summed E-state index contributed by atoms with van der Waals surface area (Å²) in [5.41, 5.74) is 0.763. The Morgan fingerprint density at radius 1 is 1.17 bits per heavy atom. The Morgan fingerprint density at radius 3 is 2.58 bits per heavy atom. The summed E-state index contributed by atoms with van der Waals surface area (Å²) in [7, 11) is 0. The van der Waals surface area contributed by atoms with Gasteiger partial charge < -0.3 is 16.0 Å². The summed E-state index contributed by atoms with van der Waals surface area (Å²) in [5.74, 6) is 0.0240. The number of hydrogen-bond donors (Lipinski definition) is 3. The van der Waals surface area contributed by atoms with Crippen LogP contribution in [0.5, 0.6) is 0 Å². The van der Waals surface area contributed by atoms with Gasteiger partial charge in [0.25, 0.3) is 0 Å². The molecule has 0 bridgehead atoms. The lowest BCUT2D eigenvalue weighted by Gasteiger charge is -2.31. The highest BCUT2D eigenvalue weighted by Crippen LogP contribution is 2.22. The number of benzene rings is 2. The molecule has 1 heterocycles. The maximum Gasteiger partial charge on any atom is 0.243 e. The molecule has 1 atom stereocenters. The van der Waals surface area contributed by atoms with Crippen molar-refractivity contribution in [1.29, 1.82) is 0 Å². The molecule has 1 fully saturated rings. The third-order valence-corrected chi connectivity index (χ3v) is 4.42. The van der Waals surface area contributed by atoms with Crippen LogP contribution >= 0.6 is 12.4 Å². The monoisotopic (exact) mass is 347 g/mol. The van der Waals surface area contributed by atoms with Gasteiger partial charge in [0.2, 0.25) is 11.8 Å². The van der Waals surface area contributed by atoms with Gasteiger partial charge in [0, 0.05) is 17.0 Å². The lowest BCUT2D eigenvalue weighted by molar-refractivity contribution is -0.128. The second kappa shape index (κ2) is 8.13. The second-order valence-electron chi connectivity index (χ2n) is 6.00. The molecule has 1 aliphatic rings. The van der Waals surface area contributed by atoms with Crippen LogP contribution in [0.4, 0.5) is 5.69 Å². The first-order valence-electron chi connectivity index (χ1n) is 7.91. The molecule has 1 unspecified atom stereocenters. The van der Waals surface area contributed by atoms with Crippen molar-refractivity contribution in [3.63, 3.8) is 0 Å². The van der Waals surface area contributed by atoms with Gasteiger partial charge in [-0.05, 0) is 30.5 Å². The fraction of sp³-hybridized carbons (Fsp3) is 0.333. The molecule has 0 aromatic heterocycles. The minimum Gasteiger partial charge on any atom is -0.347 e. The molecule has 128 valence electrons. The van der Waals surface area contributed by atoms with Crippen molar-refractivity contribution in [2.75, 3.05) is 25.0 Å². The van der Waals surface area contributed by atoms with Crippen LogP contribution < -0.4 is 16.0 Å². The molecule has 24 heavy (non-hydrogen) atoms. The number of carbonyl (C=O) groups excluding carboxylic acids is 2. The van der Waals surface area contributed by atoms with Crippen LogP contribution in [0.2, 0.25) is 0 Å². The predicted molar refractivity (Wildman–Crippen MR) is 98.4 cm³/mol. The number of rotatable bonds is 5. The van der Waals surface area contributed by atoms with Crippen LogP contribution in [0.3, 0.4) is 0 Å². The molecule has 2 aromatic carbocycles. The van der Waals surface area contributed by atoms with Crippen molar-refractivity contribution < 1.29 is 9.59 Å². The Bertz CT molecular complexity index is 726. The molecule has 3 rings (SSSR count). The Kier molecular flexibility index (Phi) is 6.17. The molecule has 0 saturated carbocycles. The number of anilines is 1. The summed E-state index contributed by atoms with van der Waals surface area (Å²) in [6.45, 7) is 3.64. The number of amides is 2. The van der Waals surface area contributed by atoms with Crippen molar-refractivity contribution in [3.8, 4) is 0 Å². The number of halogens is 1. The van der Waals surface area contributed by atoms with E-state index in [-0.39, 0.29) is 36.7 Å².